The Kier molecular flexibility index (Phi) is 5.23. The van der Waals surface area contributed by atoms with Crippen LogP contribution in [0.5, 0.6) is 17.2 Å². The molecule has 0 amide bonds. The maximum atomic E-state index is 12.2. The van der Waals surface area contributed by atoms with Gasteiger partial charge in [0.05, 0.1) is 21.3 Å². The molecule has 0 radical (unpaired) electrons. The molecule has 0 saturated heterocycles. The summed E-state index contributed by atoms with van der Waals surface area (Å²) in [5.41, 5.74) is 0.905. The van der Waals surface area contributed by atoms with E-state index in [1.807, 2.05) is 32.9 Å². The summed E-state index contributed by atoms with van der Waals surface area (Å²) in [6.45, 7) is 5.88. The number of hydrogen-bond acceptors (Lipinski definition) is 4. The van der Waals surface area contributed by atoms with E-state index in [-0.39, 0.29) is 4.75 Å². The molecule has 5 heteroatoms. The van der Waals surface area contributed by atoms with E-state index < -0.39 is 10.8 Å². The molecule has 108 valence electrons. The monoisotopic (exact) mass is 286 g/mol. The second-order valence-electron chi connectivity index (χ2n) is 5.14. The second kappa shape index (κ2) is 6.28. The quantitative estimate of drug-likeness (QED) is 0.835. The van der Waals surface area contributed by atoms with Gasteiger partial charge >= 0.3 is 0 Å². The average Bonchev–Trinajstić information content (AvgIpc) is 2.36. The van der Waals surface area contributed by atoms with E-state index in [1.165, 1.54) is 0 Å². The van der Waals surface area contributed by atoms with Crippen molar-refractivity contribution in [2.45, 2.75) is 31.3 Å². The molecule has 0 fully saturated rings. The first-order valence-corrected chi connectivity index (χ1v) is 7.32. The van der Waals surface area contributed by atoms with Crippen molar-refractivity contribution in [2.24, 2.45) is 0 Å². The van der Waals surface area contributed by atoms with Crippen LogP contribution in [0.3, 0.4) is 0 Å². The molecule has 19 heavy (non-hydrogen) atoms. The minimum Gasteiger partial charge on any atom is -0.493 e. The molecule has 1 atom stereocenters. The average molecular weight is 286 g/mol. The molecule has 1 aromatic rings. The fraction of sp³-hybridized carbons (Fsp3) is 0.571. The third-order valence-electron chi connectivity index (χ3n) is 2.71. The summed E-state index contributed by atoms with van der Waals surface area (Å²) >= 11 is 0. The normalized spacial score (nSPS) is 12.9. The van der Waals surface area contributed by atoms with Crippen LogP contribution in [0, 0.1) is 0 Å². The minimum atomic E-state index is -0.969. The molecule has 4 nitrogen and oxygen atoms in total. The van der Waals surface area contributed by atoms with Gasteiger partial charge in [0.1, 0.15) is 0 Å². The van der Waals surface area contributed by atoms with Crippen LogP contribution in [0.4, 0.5) is 0 Å². The molecule has 1 aromatic carbocycles. The van der Waals surface area contributed by atoms with Crippen LogP contribution in [0.1, 0.15) is 26.3 Å². The van der Waals surface area contributed by atoms with Gasteiger partial charge in [-0.15, -0.1) is 0 Å². The molecule has 0 spiro atoms. The van der Waals surface area contributed by atoms with Crippen LogP contribution < -0.4 is 14.2 Å². The Morgan fingerprint density at radius 3 is 1.79 bits per heavy atom. The topological polar surface area (TPSA) is 44.8 Å². The summed E-state index contributed by atoms with van der Waals surface area (Å²) in [6, 6.07) is 3.68. The molecule has 0 aliphatic carbocycles. The van der Waals surface area contributed by atoms with Gasteiger partial charge < -0.3 is 14.2 Å². The maximum Gasteiger partial charge on any atom is 0.203 e. The lowest BCUT2D eigenvalue weighted by atomic mass is 10.2. The van der Waals surface area contributed by atoms with Gasteiger partial charge in [-0.2, -0.15) is 0 Å². The van der Waals surface area contributed by atoms with Crippen molar-refractivity contribution in [3.05, 3.63) is 17.7 Å². The molecule has 0 N–H and O–H groups in total. The summed E-state index contributed by atoms with van der Waals surface area (Å²) in [5, 5.41) is 0. The van der Waals surface area contributed by atoms with Crippen LogP contribution in [0.15, 0.2) is 12.1 Å². The van der Waals surface area contributed by atoms with Gasteiger partial charge in [0.25, 0.3) is 0 Å². The van der Waals surface area contributed by atoms with E-state index in [0.717, 1.165) is 5.56 Å². The third kappa shape index (κ3) is 3.86. The molecular formula is C14H22O4S. The highest BCUT2D eigenvalue weighted by molar-refractivity contribution is 7.85. The van der Waals surface area contributed by atoms with Crippen LogP contribution in [-0.4, -0.2) is 30.3 Å². The molecule has 0 saturated carbocycles. The summed E-state index contributed by atoms with van der Waals surface area (Å²) in [6.07, 6.45) is 0. The lowest BCUT2D eigenvalue weighted by molar-refractivity contribution is 0.324. The third-order valence-corrected chi connectivity index (χ3v) is 4.67. The number of ether oxygens (including phenoxy) is 3. The molecule has 0 aliphatic rings. The van der Waals surface area contributed by atoms with Crippen LogP contribution in [0.25, 0.3) is 0 Å². The molecule has 0 aliphatic heterocycles. The number of methoxy groups -OCH3 is 3. The lowest BCUT2D eigenvalue weighted by Crippen LogP contribution is -2.23. The van der Waals surface area contributed by atoms with Crippen molar-refractivity contribution in [3.8, 4) is 17.2 Å². The molecule has 0 aromatic heterocycles. The van der Waals surface area contributed by atoms with E-state index in [9.17, 15) is 4.21 Å². The van der Waals surface area contributed by atoms with Gasteiger partial charge in [0.15, 0.2) is 11.5 Å². The van der Waals surface area contributed by atoms with Crippen molar-refractivity contribution < 1.29 is 18.4 Å². The van der Waals surface area contributed by atoms with Crippen LogP contribution >= 0.6 is 0 Å². The summed E-state index contributed by atoms with van der Waals surface area (Å²) in [5.74, 6) is 2.18. The standard InChI is InChI=1S/C14H22O4S/c1-14(2,3)19(15)9-10-7-11(16-4)13(18-6)12(8-10)17-5/h7-8H,9H2,1-6H3/t19-/m0/s1. The van der Waals surface area contributed by atoms with Crippen molar-refractivity contribution in [2.75, 3.05) is 21.3 Å². The predicted octanol–water partition coefficient (Wildman–Crippen LogP) is 2.76. The number of benzene rings is 1. The molecule has 0 heterocycles. The van der Waals surface area contributed by atoms with Gasteiger partial charge in [-0.25, -0.2) is 0 Å². The van der Waals surface area contributed by atoms with Crippen molar-refractivity contribution >= 4 is 10.8 Å². The smallest absolute Gasteiger partial charge is 0.203 e. The number of rotatable bonds is 5. The van der Waals surface area contributed by atoms with Crippen molar-refractivity contribution in [1.82, 2.24) is 0 Å². The zero-order valence-electron chi connectivity index (χ0n) is 12.4. The minimum absolute atomic E-state index is 0.250. The lowest BCUT2D eigenvalue weighted by Gasteiger charge is -2.19. The molecule has 1 rings (SSSR count). The Labute approximate surface area is 117 Å². The first-order chi connectivity index (χ1) is 8.83. The fourth-order valence-corrected chi connectivity index (χ4v) is 2.49. The SMILES string of the molecule is COc1cc(C[S@](=O)C(C)(C)C)cc(OC)c1OC. The molecule has 0 bridgehead atoms. The van der Waals surface area contributed by atoms with Crippen molar-refractivity contribution in [1.29, 1.82) is 0 Å². The Morgan fingerprint density at radius 2 is 1.47 bits per heavy atom. The van der Waals surface area contributed by atoms with E-state index in [4.69, 9.17) is 14.2 Å². The zero-order valence-corrected chi connectivity index (χ0v) is 13.2. The summed E-state index contributed by atoms with van der Waals surface area (Å²) < 4.78 is 27.8. The first kappa shape index (κ1) is 15.8. The first-order valence-electron chi connectivity index (χ1n) is 6.00. The van der Waals surface area contributed by atoms with Gasteiger partial charge in [-0.05, 0) is 38.5 Å². The summed E-state index contributed by atoms with van der Waals surface area (Å²) in [4.78, 5) is 0. The highest BCUT2D eigenvalue weighted by Crippen LogP contribution is 2.38. The van der Waals surface area contributed by atoms with Gasteiger partial charge in [-0.1, -0.05) is 0 Å². The molecular weight excluding hydrogens is 264 g/mol. The van der Waals surface area contributed by atoms with E-state index in [1.54, 1.807) is 21.3 Å². The highest BCUT2D eigenvalue weighted by atomic mass is 32.2. The van der Waals surface area contributed by atoms with E-state index in [2.05, 4.69) is 0 Å². The maximum absolute atomic E-state index is 12.2. The highest BCUT2D eigenvalue weighted by Gasteiger charge is 2.21. The van der Waals surface area contributed by atoms with Crippen LogP contribution in [-0.2, 0) is 16.6 Å². The zero-order chi connectivity index (χ0) is 14.6. The van der Waals surface area contributed by atoms with Crippen molar-refractivity contribution in [3.63, 3.8) is 0 Å². The Balaban J connectivity index is 3.13. The van der Waals surface area contributed by atoms with Gasteiger partial charge in [0.2, 0.25) is 5.75 Å². The second-order valence-corrected chi connectivity index (χ2v) is 7.34. The Hall–Kier alpha value is -1.23. The van der Waals surface area contributed by atoms with Gasteiger partial charge in [0, 0.05) is 21.3 Å². The van der Waals surface area contributed by atoms with Crippen LogP contribution in [0.2, 0.25) is 0 Å². The van der Waals surface area contributed by atoms with E-state index in [0.29, 0.717) is 23.0 Å². The Bertz CT molecular complexity index is 438. The summed E-state index contributed by atoms with van der Waals surface area (Å²) in [7, 11) is 3.74. The van der Waals surface area contributed by atoms with E-state index >= 15 is 0 Å². The molecule has 0 unspecified atom stereocenters. The number of hydrogen-bond donors (Lipinski definition) is 0. The fourth-order valence-electron chi connectivity index (χ4n) is 1.59. The Morgan fingerprint density at radius 1 is 1.00 bits per heavy atom. The predicted molar refractivity (Wildman–Crippen MR) is 77.7 cm³/mol. The van der Waals surface area contributed by atoms with Gasteiger partial charge in [-0.3, -0.25) is 4.21 Å². The largest absolute Gasteiger partial charge is 0.493 e.